The number of cyclic esters (lactones) is 1. The van der Waals surface area contributed by atoms with Gasteiger partial charge in [0.05, 0.1) is 0 Å². The Bertz CT molecular complexity index is 928. The lowest BCUT2D eigenvalue weighted by Gasteiger charge is -2.59. The number of hydrogen-bond acceptors (Lipinski definition) is 3. The minimum atomic E-state index is -1.74. The van der Waals surface area contributed by atoms with Crippen LogP contribution >= 0.6 is 0 Å². The molecule has 5 rings (SSSR count). The molecule has 202 valence electrons. The number of carbonyl (C=O) groups excluding carboxylic acids is 1. The third-order valence-corrected chi connectivity index (χ3v) is 17.0. The smallest absolute Gasteiger partial charge is 0.330 e. The van der Waals surface area contributed by atoms with Crippen molar-refractivity contribution in [1.82, 2.24) is 0 Å². The standard InChI is InChI=1S/C32H52O3Si/c1-21(28-10-9-11-29(33)34-28)25-14-15-26-24-13-12-22-20-23(35-36(7,8)30(2,3)4)16-18-31(22,5)27(24)17-19-32(25,26)6/h9,11-12,21,23-28H,10,13-20H2,1-8H3/t21-,23-,24-,25+,26-,27-,28?,31-,32+/m0/s1. The van der Waals surface area contributed by atoms with Gasteiger partial charge in [-0.2, -0.15) is 0 Å². The SMILES string of the molecule is C[C@H](C1CC=CC(=O)O1)[C@H]1CC[C@H]2[C@@H]3CC=C4C[C@@H](O[Si](C)(C)C(C)(C)C)CC[C@]4(C)[C@H]3CC[C@]12C. The van der Waals surface area contributed by atoms with Crippen LogP contribution in [0.3, 0.4) is 0 Å². The van der Waals surface area contributed by atoms with Crippen LogP contribution in [0.5, 0.6) is 0 Å². The predicted octanol–water partition coefficient (Wildman–Crippen LogP) is 8.46. The molecule has 5 aliphatic rings. The molecule has 0 amide bonds. The van der Waals surface area contributed by atoms with Gasteiger partial charge in [-0.25, -0.2) is 4.79 Å². The summed E-state index contributed by atoms with van der Waals surface area (Å²) in [7, 11) is -1.74. The second-order valence-electron chi connectivity index (χ2n) is 15.2. The van der Waals surface area contributed by atoms with Crippen molar-refractivity contribution in [3.8, 4) is 0 Å². The van der Waals surface area contributed by atoms with Gasteiger partial charge in [0.25, 0.3) is 0 Å². The molecule has 3 nitrogen and oxygen atoms in total. The molecule has 0 aromatic rings. The minimum absolute atomic E-state index is 0.0624. The van der Waals surface area contributed by atoms with Crippen LogP contribution in [0.4, 0.5) is 0 Å². The average Bonchev–Trinajstić information content (AvgIpc) is 3.15. The maximum Gasteiger partial charge on any atom is 0.330 e. The van der Waals surface area contributed by atoms with Gasteiger partial charge in [0.2, 0.25) is 0 Å². The lowest BCUT2D eigenvalue weighted by molar-refractivity contribution is -0.149. The molecule has 4 aliphatic carbocycles. The zero-order chi connectivity index (χ0) is 26.1. The molecule has 9 atom stereocenters. The first-order chi connectivity index (χ1) is 16.8. The highest BCUT2D eigenvalue weighted by Gasteiger charge is 2.60. The van der Waals surface area contributed by atoms with Crippen molar-refractivity contribution in [3.63, 3.8) is 0 Å². The Morgan fingerprint density at radius 1 is 1.06 bits per heavy atom. The van der Waals surface area contributed by atoms with Crippen molar-refractivity contribution in [1.29, 1.82) is 0 Å². The third kappa shape index (κ3) is 4.30. The fourth-order valence-corrected chi connectivity index (χ4v) is 10.7. The minimum Gasteiger partial charge on any atom is -0.459 e. The van der Waals surface area contributed by atoms with Crippen molar-refractivity contribution in [3.05, 3.63) is 23.8 Å². The van der Waals surface area contributed by atoms with Gasteiger partial charge in [-0.05, 0) is 110 Å². The fraction of sp³-hybridized carbons (Fsp3) is 0.844. The first-order valence-electron chi connectivity index (χ1n) is 15.0. The van der Waals surface area contributed by atoms with Gasteiger partial charge >= 0.3 is 5.97 Å². The lowest BCUT2D eigenvalue weighted by Crippen LogP contribution is -2.52. The molecule has 1 heterocycles. The summed E-state index contributed by atoms with van der Waals surface area (Å²) in [5, 5.41) is 0.274. The van der Waals surface area contributed by atoms with Gasteiger partial charge in [0.15, 0.2) is 8.32 Å². The molecule has 3 fully saturated rings. The molecule has 0 bridgehead atoms. The molecule has 36 heavy (non-hydrogen) atoms. The topological polar surface area (TPSA) is 35.5 Å². The molecular weight excluding hydrogens is 460 g/mol. The van der Waals surface area contributed by atoms with E-state index in [-0.39, 0.29) is 17.1 Å². The summed E-state index contributed by atoms with van der Waals surface area (Å²) in [5.41, 5.74) is 2.48. The summed E-state index contributed by atoms with van der Waals surface area (Å²) < 4.78 is 12.7. The molecule has 0 saturated heterocycles. The Hall–Kier alpha value is -0.873. The molecule has 1 aliphatic heterocycles. The van der Waals surface area contributed by atoms with Crippen LogP contribution in [0.15, 0.2) is 23.8 Å². The van der Waals surface area contributed by atoms with Crippen molar-refractivity contribution < 1.29 is 14.0 Å². The van der Waals surface area contributed by atoms with E-state index in [4.69, 9.17) is 9.16 Å². The number of esters is 1. The summed E-state index contributed by atoms with van der Waals surface area (Å²) in [6.07, 6.45) is 18.0. The normalized spacial score (nSPS) is 43.7. The van der Waals surface area contributed by atoms with E-state index < -0.39 is 8.32 Å². The van der Waals surface area contributed by atoms with Crippen LogP contribution in [-0.4, -0.2) is 26.5 Å². The quantitative estimate of drug-likeness (QED) is 0.215. The summed E-state index contributed by atoms with van der Waals surface area (Å²) >= 11 is 0. The number of rotatable bonds is 4. The number of fused-ring (bicyclic) bond motifs is 5. The number of allylic oxidation sites excluding steroid dienone is 1. The molecule has 3 saturated carbocycles. The van der Waals surface area contributed by atoms with E-state index >= 15 is 0 Å². The number of hydrogen-bond donors (Lipinski definition) is 0. The van der Waals surface area contributed by atoms with Gasteiger partial charge in [-0.15, -0.1) is 0 Å². The van der Waals surface area contributed by atoms with E-state index in [0.717, 1.165) is 30.6 Å². The van der Waals surface area contributed by atoms with Crippen molar-refractivity contribution in [2.45, 2.75) is 130 Å². The van der Waals surface area contributed by atoms with Gasteiger partial charge in [-0.1, -0.05) is 59.3 Å². The maximum atomic E-state index is 11.9. The monoisotopic (exact) mass is 512 g/mol. The Balaban J connectivity index is 1.31. The van der Waals surface area contributed by atoms with E-state index in [1.165, 1.54) is 44.9 Å². The Morgan fingerprint density at radius 3 is 2.50 bits per heavy atom. The summed E-state index contributed by atoms with van der Waals surface area (Å²) in [4.78, 5) is 11.9. The van der Waals surface area contributed by atoms with E-state index in [0.29, 0.717) is 28.8 Å². The zero-order valence-corrected chi connectivity index (χ0v) is 25.4. The number of ether oxygens (including phenoxy) is 1. The maximum absolute atomic E-state index is 11.9. The molecule has 0 spiro atoms. The highest BCUT2D eigenvalue weighted by atomic mass is 28.4. The van der Waals surface area contributed by atoms with Crippen molar-refractivity contribution in [2.75, 3.05) is 0 Å². The second-order valence-corrected chi connectivity index (χ2v) is 20.0. The molecule has 0 N–H and O–H groups in total. The molecule has 0 aromatic carbocycles. The Labute approximate surface area is 222 Å². The summed E-state index contributed by atoms with van der Waals surface area (Å²) in [5.74, 6) is 3.43. The van der Waals surface area contributed by atoms with Crippen LogP contribution < -0.4 is 0 Å². The molecule has 0 aromatic heterocycles. The largest absolute Gasteiger partial charge is 0.459 e. The second kappa shape index (κ2) is 9.11. The molecule has 1 unspecified atom stereocenters. The number of carbonyl (C=O) groups is 1. The highest BCUT2D eigenvalue weighted by Crippen LogP contribution is 2.67. The third-order valence-electron chi connectivity index (χ3n) is 12.5. The van der Waals surface area contributed by atoms with E-state index in [9.17, 15) is 4.79 Å². The van der Waals surface area contributed by atoms with Gasteiger partial charge in [-0.3, -0.25) is 0 Å². The zero-order valence-electron chi connectivity index (χ0n) is 24.4. The Kier molecular flexibility index (Phi) is 6.76. The molecule has 0 radical (unpaired) electrons. The fourth-order valence-electron chi connectivity index (χ4n) is 9.34. The van der Waals surface area contributed by atoms with Gasteiger partial charge in [0, 0.05) is 18.6 Å². The first-order valence-corrected chi connectivity index (χ1v) is 17.9. The predicted molar refractivity (Wildman–Crippen MR) is 150 cm³/mol. The molecular formula is C32H52O3Si. The van der Waals surface area contributed by atoms with Crippen molar-refractivity contribution >= 4 is 14.3 Å². The van der Waals surface area contributed by atoms with E-state index in [1.807, 2.05) is 6.08 Å². The van der Waals surface area contributed by atoms with Gasteiger partial charge in [0.1, 0.15) is 6.10 Å². The van der Waals surface area contributed by atoms with Crippen LogP contribution in [0.25, 0.3) is 0 Å². The average molecular weight is 513 g/mol. The van der Waals surface area contributed by atoms with Crippen LogP contribution in [0, 0.1) is 40.4 Å². The van der Waals surface area contributed by atoms with Crippen molar-refractivity contribution in [2.24, 2.45) is 40.4 Å². The van der Waals surface area contributed by atoms with Crippen LogP contribution in [0.1, 0.15) is 99.3 Å². The van der Waals surface area contributed by atoms with E-state index in [1.54, 1.807) is 11.6 Å². The highest BCUT2D eigenvalue weighted by molar-refractivity contribution is 6.74. The van der Waals surface area contributed by atoms with Crippen LogP contribution in [-0.2, 0) is 14.0 Å². The Morgan fingerprint density at radius 2 is 1.81 bits per heavy atom. The van der Waals surface area contributed by atoms with Gasteiger partial charge < -0.3 is 9.16 Å². The van der Waals surface area contributed by atoms with Crippen LogP contribution in [0.2, 0.25) is 18.1 Å². The summed E-state index contributed by atoms with van der Waals surface area (Å²) in [6, 6.07) is 0. The van der Waals surface area contributed by atoms with E-state index in [2.05, 4.69) is 60.7 Å². The first kappa shape index (κ1) is 26.7. The summed E-state index contributed by atoms with van der Waals surface area (Å²) in [6.45, 7) is 19.5. The lowest BCUT2D eigenvalue weighted by atomic mass is 9.47. The molecule has 4 heteroatoms.